The van der Waals surface area contributed by atoms with E-state index in [-0.39, 0.29) is 12.0 Å². The largest absolute Gasteiger partial charge is 0.469 e. The molecule has 0 aromatic heterocycles. The average molecular weight is 375 g/mol. The van der Waals surface area contributed by atoms with Crippen LogP contribution < -0.4 is 15.5 Å². The Labute approximate surface area is 163 Å². The summed E-state index contributed by atoms with van der Waals surface area (Å²) in [6, 6.07) is 8.95. The third-order valence-corrected chi connectivity index (χ3v) is 4.83. The van der Waals surface area contributed by atoms with E-state index in [2.05, 4.69) is 63.4 Å². The standard InChI is InChI=1S/C21H34N4O2/c1-4-22-21(23-13-6-5-12-20(26)27-3)24-17(2)18-10-9-11-19(16-18)25-14-7-8-15-25/h9-11,16-17H,4-8,12-15H2,1-3H3,(H2,22,23,24). The van der Waals surface area contributed by atoms with E-state index in [1.165, 1.54) is 31.2 Å². The molecule has 150 valence electrons. The number of hydrogen-bond donors (Lipinski definition) is 2. The Morgan fingerprint density at radius 1 is 1.30 bits per heavy atom. The Hall–Kier alpha value is -2.24. The fourth-order valence-corrected chi connectivity index (χ4v) is 3.25. The van der Waals surface area contributed by atoms with Crippen molar-refractivity contribution in [3.8, 4) is 0 Å². The highest BCUT2D eigenvalue weighted by atomic mass is 16.5. The van der Waals surface area contributed by atoms with Crippen LogP contribution in [0, 0.1) is 0 Å². The van der Waals surface area contributed by atoms with Crippen LogP contribution in [0.2, 0.25) is 0 Å². The van der Waals surface area contributed by atoms with Gasteiger partial charge >= 0.3 is 5.97 Å². The maximum Gasteiger partial charge on any atom is 0.305 e. The molecule has 0 bridgehead atoms. The summed E-state index contributed by atoms with van der Waals surface area (Å²) in [5, 5.41) is 6.79. The van der Waals surface area contributed by atoms with Gasteiger partial charge in [0.05, 0.1) is 13.2 Å². The van der Waals surface area contributed by atoms with Crippen molar-refractivity contribution < 1.29 is 9.53 Å². The summed E-state index contributed by atoms with van der Waals surface area (Å²) in [5.74, 6) is 0.658. The van der Waals surface area contributed by atoms with E-state index in [4.69, 9.17) is 0 Å². The second kappa shape index (κ2) is 11.5. The van der Waals surface area contributed by atoms with Crippen molar-refractivity contribution >= 4 is 17.6 Å². The van der Waals surface area contributed by atoms with Gasteiger partial charge in [0.1, 0.15) is 0 Å². The summed E-state index contributed by atoms with van der Waals surface area (Å²) in [4.78, 5) is 18.2. The molecule has 1 aromatic carbocycles. The summed E-state index contributed by atoms with van der Waals surface area (Å²) in [5.41, 5.74) is 2.57. The molecule has 0 saturated carbocycles. The van der Waals surface area contributed by atoms with Crippen LogP contribution in [0.5, 0.6) is 0 Å². The quantitative estimate of drug-likeness (QED) is 0.301. The molecule has 6 heteroatoms. The van der Waals surface area contributed by atoms with E-state index in [1.54, 1.807) is 0 Å². The Bertz CT molecular complexity index is 612. The molecule has 1 aliphatic rings. The van der Waals surface area contributed by atoms with Gasteiger partial charge in [-0.05, 0) is 57.2 Å². The average Bonchev–Trinajstić information content (AvgIpc) is 3.22. The van der Waals surface area contributed by atoms with Gasteiger partial charge in [-0.3, -0.25) is 9.79 Å². The van der Waals surface area contributed by atoms with E-state index >= 15 is 0 Å². The van der Waals surface area contributed by atoms with Gasteiger partial charge in [0.15, 0.2) is 5.96 Å². The first-order chi connectivity index (χ1) is 13.1. The highest BCUT2D eigenvalue weighted by Gasteiger charge is 2.14. The Morgan fingerprint density at radius 3 is 2.78 bits per heavy atom. The maximum atomic E-state index is 11.2. The highest BCUT2D eigenvalue weighted by Crippen LogP contribution is 2.23. The second-order valence-electron chi connectivity index (χ2n) is 6.95. The Morgan fingerprint density at radius 2 is 2.07 bits per heavy atom. The molecule has 6 nitrogen and oxygen atoms in total. The van der Waals surface area contributed by atoms with E-state index in [1.807, 2.05) is 0 Å². The number of unbranched alkanes of at least 4 members (excludes halogenated alkanes) is 1. The first-order valence-corrected chi connectivity index (χ1v) is 10.1. The van der Waals surface area contributed by atoms with Gasteiger partial charge in [-0.1, -0.05) is 12.1 Å². The van der Waals surface area contributed by atoms with Crippen molar-refractivity contribution in [2.45, 2.75) is 52.0 Å². The minimum absolute atomic E-state index is 0.157. The molecule has 1 unspecified atom stereocenters. The summed E-state index contributed by atoms with van der Waals surface area (Å²) in [7, 11) is 1.42. The van der Waals surface area contributed by atoms with Gasteiger partial charge < -0.3 is 20.3 Å². The lowest BCUT2D eigenvalue weighted by molar-refractivity contribution is -0.140. The summed E-state index contributed by atoms with van der Waals surface area (Å²) < 4.78 is 4.66. The number of carbonyl (C=O) groups excluding carboxylic acids is 1. The molecule has 0 amide bonds. The lowest BCUT2D eigenvalue weighted by Crippen LogP contribution is -2.38. The predicted molar refractivity (Wildman–Crippen MR) is 111 cm³/mol. The van der Waals surface area contributed by atoms with Gasteiger partial charge in [0, 0.05) is 38.3 Å². The smallest absolute Gasteiger partial charge is 0.305 e. The minimum atomic E-state index is -0.157. The SMILES string of the molecule is CCNC(=NCCCCC(=O)OC)NC(C)c1cccc(N2CCCC2)c1. The summed E-state index contributed by atoms with van der Waals surface area (Å²) in [6.07, 6.45) is 4.68. The van der Waals surface area contributed by atoms with Gasteiger partial charge in [-0.15, -0.1) is 0 Å². The molecule has 1 aromatic rings. The zero-order valence-electron chi connectivity index (χ0n) is 17.0. The Balaban J connectivity index is 1.89. The number of carbonyl (C=O) groups is 1. The fourth-order valence-electron chi connectivity index (χ4n) is 3.25. The number of ether oxygens (including phenoxy) is 1. The third-order valence-electron chi connectivity index (χ3n) is 4.83. The molecule has 0 aliphatic carbocycles. The zero-order valence-corrected chi connectivity index (χ0v) is 17.0. The molecule has 1 saturated heterocycles. The third kappa shape index (κ3) is 7.12. The molecule has 1 atom stereocenters. The number of anilines is 1. The molecule has 2 rings (SSSR count). The number of nitrogens with one attached hydrogen (secondary N) is 2. The van der Waals surface area contributed by atoms with Crippen LogP contribution in [0.3, 0.4) is 0 Å². The lowest BCUT2D eigenvalue weighted by atomic mass is 10.1. The van der Waals surface area contributed by atoms with E-state index in [0.717, 1.165) is 38.4 Å². The number of benzene rings is 1. The highest BCUT2D eigenvalue weighted by molar-refractivity contribution is 5.80. The van der Waals surface area contributed by atoms with E-state index < -0.39 is 0 Å². The molecule has 1 fully saturated rings. The van der Waals surface area contributed by atoms with Crippen LogP contribution in [0.1, 0.15) is 57.6 Å². The number of methoxy groups -OCH3 is 1. The first kappa shape index (κ1) is 21.1. The van der Waals surface area contributed by atoms with Gasteiger partial charge in [0.25, 0.3) is 0 Å². The van der Waals surface area contributed by atoms with Crippen molar-refractivity contribution in [3.63, 3.8) is 0 Å². The monoisotopic (exact) mass is 374 g/mol. The number of hydrogen-bond acceptors (Lipinski definition) is 4. The molecule has 27 heavy (non-hydrogen) atoms. The second-order valence-corrected chi connectivity index (χ2v) is 6.95. The van der Waals surface area contributed by atoms with Crippen molar-refractivity contribution in [2.24, 2.45) is 4.99 Å². The van der Waals surface area contributed by atoms with E-state index in [0.29, 0.717) is 13.0 Å². The van der Waals surface area contributed by atoms with E-state index in [9.17, 15) is 4.79 Å². The van der Waals surface area contributed by atoms with Crippen molar-refractivity contribution in [3.05, 3.63) is 29.8 Å². The van der Waals surface area contributed by atoms with Crippen LogP contribution in [0.15, 0.2) is 29.3 Å². The number of rotatable bonds is 9. The van der Waals surface area contributed by atoms with Crippen molar-refractivity contribution in [2.75, 3.05) is 38.2 Å². The molecule has 0 spiro atoms. The summed E-state index contributed by atoms with van der Waals surface area (Å²) >= 11 is 0. The molecule has 1 aliphatic heterocycles. The van der Waals surface area contributed by atoms with Crippen LogP contribution in [0.25, 0.3) is 0 Å². The van der Waals surface area contributed by atoms with Crippen molar-refractivity contribution in [1.82, 2.24) is 10.6 Å². The number of esters is 1. The Kier molecular flexibility index (Phi) is 8.95. The zero-order chi connectivity index (χ0) is 19.5. The topological polar surface area (TPSA) is 66.0 Å². The molecular weight excluding hydrogens is 340 g/mol. The van der Waals surface area contributed by atoms with Gasteiger partial charge in [-0.2, -0.15) is 0 Å². The van der Waals surface area contributed by atoms with Crippen molar-refractivity contribution in [1.29, 1.82) is 0 Å². The van der Waals surface area contributed by atoms with Gasteiger partial charge in [0.2, 0.25) is 0 Å². The first-order valence-electron chi connectivity index (χ1n) is 10.1. The predicted octanol–water partition coefficient (Wildman–Crippen LogP) is 3.25. The molecular formula is C21H34N4O2. The number of guanidine groups is 1. The van der Waals surface area contributed by atoms with Crippen LogP contribution in [-0.4, -0.2) is 45.2 Å². The molecule has 0 radical (unpaired) electrons. The maximum absolute atomic E-state index is 11.2. The number of aliphatic imine (C=N–C) groups is 1. The normalized spacial score (nSPS) is 15.5. The number of nitrogens with zero attached hydrogens (tertiary/aromatic N) is 2. The van der Waals surface area contributed by atoms with Crippen LogP contribution in [0.4, 0.5) is 5.69 Å². The van der Waals surface area contributed by atoms with Crippen LogP contribution >= 0.6 is 0 Å². The van der Waals surface area contributed by atoms with Crippen LogP contribution in [-0.2, 0) is 9.53 Å². The van der Waals surface area contributed by atoms with Gasteiger partial charge in [-0.25, -0.2) is 0 Å². The minimum Gasteiger partial charge on any atom is -0.469 e. The molecule has 1 heterocycles. The fraction of sp³-hybridized carbons (Fsp3) is 0.619. The lowest BCUT2D eigenvalue weighted by Gasteiger charge is -2.22. The molecule has 2 N–H and O–H groups in total. The summed E-state index contributed by atoms with van der Waals surface area (Å²) in [6.45, 7) is 8.03.